The second-order valence-electron chi connectivity index (χ2n) is 5.25. The highest BCUT2D eigenvalue weighted by Crippen LogP contribution is 2.54. The molecular formula is C15H8F10N2OS. The molecule has 0 unspecified atom stereocenters. The zero-order valence-corrected chi connectivity index (χ0v) is 14.7. The number of hydrogen-bond acceptors (Lipinski definition) is 4. The second kappa shape index (κ2) is 7.80. The molecule has 1 aromatic carbocycles. The first-order chi connectivity index (χ1) is 13.2. The number of aromatic nitrogens is 1. The standard InChI is InChI=1S/C15H8F10N2OS/c1-28-7-4-2-6(3-5-7)26-12-9(17)10(8(16)11(18)27-12)29-15(24,25)13(19,20)14(21,22)23/h2-5H,1H3,(H,26,27). The number of nitrogens with zero attached hydrogens (tertiary/aromatic N) is 1. The predicted molar refractivity (Wildman–Crippen MR) is 82.2 cm³/mol. The molecule has 1 heterocycles. The molecule has 0 spiro atoms. The number of alkyl halides is 7. The third-order valence-electron chi connectivity index (χ3n) is 3.30. The molecule has 1 N–H and O–H groups in total. The van der Waals surface area contributed by atoms with Crippen LogP contribution in [-0.2, 0) is 0 Å². The van der Waals surface area contributed by atoms with Crippen molar-refractivity contribution in [3.05, 3.63) is 41.8 Å². The Balaban J connectivity index is 2.45. The zero-order chi connectivity index (χ0) is 22.2. The van der Waals surface area contributed by atoms with Gasteiger partial charge < -0.3 is 10.1 Å². The SMILES string of the molecule is COc1ccc(Nc2nc(F)c(F)c(SC(F)(F)C(F)(F)C(F)(F)F)c2F)cc1. The average molecular weight is 454 g/mol. The highest BCUT2D eigenvalue weighted by atomic mass is 32.2. The molecule has 0 saturated heterocycles. The minimum atomic E-state index is -6.73. The third kappa shape index (κ3) is 4.46. The lowest BCUT2D eigenvalue weighted by Crippen LogP contribution is -2.50. The summed E-state index contributed by atoms with van der Waals surface area (Å²) in [6, 6.07) is 5.10. The molecule has 0 radical (unpaired) electrons. The molecule has 0 aliphatic rings. The number of anilines is 2. The molecule has 1 aromatic heterocycles. The minimum Gasteiger partial charge on any atom is -0.497 e. The number of benzene rings is 1. The van der Waals surface area contributed by atoms with E-state index in [4.69, 9.17) is 4.74 Å². The van der Waals surface area contributed by atoms with Gasteiger partial charge in [-0.05, 0) is 36.0 Å². The first kappa shape index (κ1) is 22.9. The molecule has 0 bridgehead atoms. The van der Waals surface area contributed by atoms with Gasteiger partial charge in [0.1, 0.15) is 5.75 Å². The van der Waals surface area contributed by atoms with E-state index in [1.165, 1.54) is 31.4 Å². The van der Waals surface area contributed by atoms with E-state index < -0.39 is 57.4 Å². The van der Waals surface area contributed by atoms with Gasteiger partial charge in [0.25, 0.3) is 5.95 Å². The van der Waals surface area contributed by atoms with Crippen LogP contribution in [0.2, 0.25) is 0 Å². The van der Waals surface area contributed by atoms with Crippen LogP contribution >= 0.6 is 11.8 Å². The maximum absolute atomic E-state index is 14.3. The molecule has 29 heavy (non-hydrogen) atoms. The summed E-state index contributed by atoms with van der Waals surface area (Å²) < 4.78 is 136. The number of halogens is 10. The number of thioether (sulfide) groups is 1. The van der Waals surface area contributed by atoms with Crippen LogP contribution < -0.4 is 10.1 Å². The van der Waals surface area contributed by atoms with Crippen molar-refractivity contribution in [3.63, 3.8) is 0 Å². The van der Waals surface area contributed by atoms with Crippen LogP contribution in [0.3, 0.4) is 0 Å². The maximum atomic E-state index is 14.3. The maximum Gasteiger partial charge on any atom is 0.460 e. The van der Waals surface area contributed by atoms with Gasteiger partial charge in [0, 0.05) is 5.69 Å². The molecule has 0 fully saturated rings. The Morgan fingerprint density at radius 2 is 1.45 bits per heavy atom. The number of pyridine rings is 1. The lowest BCUT2D eigenvalue weighted by Gasteiger charge is -2.27. The average Bonchev–Trinajstić information content (AvgIpc) is 2.62. The number of methoxy groups -OCH3 is 1. The summed E-state index contributed by atoms with van der Waals surface area (Å²) >= 11 is -1.82. The van der Waals surface area contributed by atoms with E-state index in [-0.39, 0.29) is 5.69 Å². The number of rotatable bonds is 6. The van der Waals surface area contributed by atoms with Gasteiger partial charge in [-0.15, -0.1) is 0 Å². The Hall–Kier alpha value is -2.38. The second-order valence-corrected chi connectivity index (χ2v) is 6.38. The highest BCUT2D eigenvalue weighted by molar-refractivity contribution is 8.00. The first-order valence-corrected chi connectivity index (χ1v) is 8.00. The van der Waals surface area contributed by atoms with Crippen LogP contribution in [0.5, 0.6) is 5.75 Å². The van der Waals surface area contributed by atoms with Crippen molar-refractivity contribution in [1.29, 1.82) is 0 Å². The van der Waals surface area contributed by atoms with Gasteiger partial charge in [-0.2, -0.15) is 40.1 Å². The Bertz CT molecular complexity index is 886. The molecule has 160 valence electrons. The van der Waals surface area contributed by atoms with E-state index in [1.54, 1.807) is 0 Å². The van der Waals surface area contributed by atoms with Gasteiger partial charge >= 0.3 is 17.4 Å². The fourth-order valence-electron chi connectivity index (χ4n) is 1.83. The molecule has 0 saturated carbocycles. The van der Waals surface area contributed by atoms with Crippen LogP contribution in [0, 0.1) is 17.6 Å². The number of nitrogens with one attached hydrogen (secondary N) is 1. The van der Waals surface area contributed by atoms with E-state index in [0.717, 1.165) is 0 Å². The summed E-state index contributed by atoms with van der Waals surface area (Å²) in [6.45, 7) is 0. The Morgan fingerprint density at radius 3 is 1.93 bits per heavy atom. The molecule has 0 aliphatic heterocycles. The number of ether oxygens (including phenoxy) is 1. The molecule has 2 rings (SSSR count). The summed E-state index contributed by atoms with van der Waals surface area (Å²) in [4.78, 5) is 0.676. The van der Waals surface area contributed by atoms with Gasteiger partial charge in [-0.25, -0.2) is 8.78 Å². The summed E-state index contributed by atoms with van der Waals surface area (Å²) in [5.41, 5.74) is -0.0356. The monoisotopic (exact) mass is 454 g/mol. The molecule has 3 nitrogen and oxygen atoms in total. The van der Waals surface area contributed by atoms with Gasteiger partial charge in [0.2, 0.25) is 0 Å². The lowest BCUT2D eigenvalue weighted by atomic mass is 10.3. The predicted octanol–water partition coefficient (Wildman–Crippen LogP) is 6.13. The van der Waals surface area contributed by atoms with E-state index >= 15 is 0 Å². The highest BCUT2D eigenvalue weighted by Gasteiger charge is 2.73. The zero-order valence-electron chi connectivity index (χ0n) is 13.9. The normalized spacial score (nSPS) is 12.8. The number of hydrogen-bond donors (Lipinski definition) is 1. The Morgan fingerprint density at radius 1 is 0.897 bits per heavy atom. The topological polar surface area (TPSA) is 34.1 Å². The van der Waals surface area contributed by atoms with Crippen molar-refractivity contribution < 1.29 is 48.6 Å². The van der Waals surface area contributed by atoms with E-state index in [1.807, 2.05) is 0 Å². The summed E-state index contributed by atoms with van der Waals surface area (Å²) in [5.74, 6) is -14.3. The Labute approximate surface area is 160 Å². The van der Waals surface area contributed by atoms with Gasteiger partial charge in [-0.3, -0.25) is 0 Å². The molecular weight excluding hydrogens is 446 g/mol. The molecule has 0 aliphatic carbocycles. The van der Waals surface area contributed by atoms with Crippen LogP contribution in [0.25, 0.3) is 0 Å². The summed E-state index contributed by atoms with van der Waals surface area (Å²) in [6.07, 6.45) is -6.73. The fourth-order valence-corrected chi connectivity index (χ4v) is 2.70. The first-order valence-electron chi connectivity index (χ1n) is 7.18. The van der Waals surface area contributed by atoms with Crippen molar-refractivity contribution in [2.45, 2.75) is 22.2 Å². The van der Waals surface area contributed by atoms with Crippen LogP contribution in [-0.4, -0.2) is 29.4 Å². The van der Waals surface area contributed by atoms with Crippen LogP contribution in [0.4, 0.5) is 55.4 Å². The molecule has 0 atom stereocenters. The lowest BCUT2D eigenvalue weighted by molar-refractivity contribution is -0.330. The van der Waals surface area contributed by atoms with Crippen LogP contribution in [0.1, 0.15) is 0 Å². The van der Waals surface area contributed by atoms with Gasteiger partial charge in [-0.1, -0.05) is 0 Å². The molecule has 0 amide bonds. The summed E-state index contributed by atoms with van der Waals surface area (Å²) in [5, 5.41) is -3.99. The largest absolute Gasteiger partial charge is 0.497 e. The quantitative estimate of drug-likeness (QED) is 0.323. The van der Waals surface area contributed by atoms with Gasteiger partial charge in [0.15, 0.2) is 17.5 Å². The Kier molecular flexibility index (Phi) is 6.16. The van der Waals surface area contributed by atoms with E-state index in [2.05, 4.69) is 10.3 Å². The van der Waals surface area contributed by atoms with Crippen molar-refractivity contribution >= 4 is 23.3 Å². The van der Waals surface area contributed by atoms with Gasteiger partial charge in [0.05, 0.1) is 12.0 Å². The third-order valence-corrected chi connectivity index (χ3v) is 4.38. The molecule has 14 heteroatoms. The van der Waals surface area contributed by atoms with Crippen molar-refractivity contribution in [3.8, 4) is 5.75 Å². The fraction of sp³-hybridized carbons (Fsp3) is 0.267. The van der Waals surface area contributed by atoms with Crippen molar-refractivity contribution in [2.24, 2.45) is 0 Å². The minimum absolute atomic E-state index is 0.0356. The van der Waals surface area contributed by atoms with Crippen LogP contribution in [0.15, 0.2) is 29.2 Å². The van der Waals surface area contributed by atoms with Crippen molar-refractivity contribution in [2.75, 3.05) is 12.4 Å². The van der Waals surface area contributed by atoms with E-state index in [0.29, 0.717) is 5.75 Å². The summed E-state index contributed by atoms with van der Waals surface area (Å²) in [7, 11) is 1.32. The van der Waals surface area contributed by atoms with E-state index in [9.17, 15) is 43.9 Å². The molecule has 2 aromatic rings. The van der Waals surface area contributed by atoms with Crippen molar-refractivity contribution in [1.82, 2.24) is 4.98 Å². The smallest absolute Gasteiger partial charge is 0.460 e.